The van der Waals surface area contributed by atoms with Crippen LogP contribution >= 0.6 is 0 Å². The Morgan fingerprint density at radius 2 is 1.89 bits per heavy atom. The minimum atomic E-state index is -4.62. The van der Waals surface area contributed by atoms with Gasteiger partial charge >= 0.3 is 6.18 Å². The van der Waals surface area contributed by atoms with Gasteiger partial charge in [-0.2, -0.15) is 13.2 Å². The Kier molecular flexibility index (Phi) is 5.07. The zero-order valence-electron chi connectivity index (χ0n) is 14.2. The summed E-state index contributed by atoms with van der Waals surface area (Å²) >= 11 is 0. The highest BCUT2D eigenvalue weighted by atomic mass is 32.2. The minimum absolute atomic E-state index is 0.0583. The van der Waals surface area contributed by atoms with Gasteiger partial charge in [0.05, 0.1) is 11.3 Å². The van der Waals surface area contributed by atoms with Crippen LogP contribution in [0.4, 0.5) is 13.2 Å². The third-order valence-electron chi connectivity index (χ3n) is 3.92. The molecule has 0 bridgehead atoms. The van der Waals surface area contributed by atoms with Gasteiger partial charge in [0.15, 0.2) is 0 Å². The summed E-state index contributed by atoms with van der Waals surface area (Å²) in [6.45, 7) is 0.302. The maximum absolute atomic E-state index is 13.5. The number of alkyl halides is 3. The molecular formula is C18H16F3N3O2S. The van der Waals surface area contributed by atoms with Gasteiger partial charge < -0.3 is 5.32 Å². The third kappa shape index (κ3) is 3.74. The van der Waals surface area contributed by atoms with Gasteiger partial charge in [0.1, 0.15) is 4.90 Å². The van der Waals surface area contributed by atoms with Gasteiger partial charge in [-0.25, -0.2) is 12.4 Å². The van der Waals surface area contributed by atoms with E-state index in [1.807, 2.05) is 0 Å². The number of benzene rings is 1. The summed E-state index contributed by atoms with van der Waals surface area (Å²) in [5.41, 5.74) is -0.629. The second-order valence-electron chi connectivity index (χ2n) is 5.80. The number of pyridine rings is 1. The fourth-order valence-corrected chi connectivity index (χ4v) is 4.12. The van der Waals surface area contributed by atoms with Gasteiger partial charge in [0, 0.05) is 30.7 Å². The number of rotatable bonds is 5. The molecule has 1 N–H and O–H groups in total. The van der Waals surface area contributed by atoms with Crippen LogP contribution in [-0.2, 0) is 22.7 Å². The number of nitrogens with zero attached hydrogens (tertiary/aromatic N) is 2. The Hall–Kier alpha value is -2.65. The van der Waals surface area contributed by atoms with Crippen molar-refractivity contribution in [2.45, 2.75) is 17.6 Å². The topological polar surface area (TPSA) is 64.0 Å². The van der Waals surface area contributed by atoms with Crippen molar-refractivity contribution in [1.29, 1.82) is 0 Å². The monoisotopic (exact) mass is 395 g/mol. The van der Waals surface area contributed by atoms with Crippen molar-refractivity contribution >= 4 is 10.0 Å². The standard InChI is InChI=1S/C18H16F3N3O2S/c1-22-10-13-9-17(15-6-2-3-7-16(15)18(19,20)21)24(12-13)27(25,26)14-5-4-8-23-11-14/h2-9,11-12,22H,10H2,1H3. The first kappa shape index (κ1) is 19.1. The quantitative estimate of drug-likeness (QED) is 0.718. The first-order valence-corrected chi connectivity index (χ1v) is 9.37. The Balaban J connectivity index is 2.27. The Bertz CT molecular complexity index is 1050. The zero-order valence-corrected chi connectivity index (χ0v) is 15.1. The summed E-state index contributed by atoms with van der Waals surface area (Å²) in [5.74, 6) is 0. The molecule has 0 spiro atoms. The van der Waals surface area contributed by atoms with E-state index in [1.54, 1.807) is 7.05 Å². The molecule has 5 nitrogen and oxygen atoms in total. The lowest BCUT2D eigenvalue weighted by Gasteiger charge is -2.15. The molecule has 27 heavy (non-hydrogen) atoms. The van der Waals surface area contributed by atoms with E-state index in [4.69, 9.17) is 0 Å². The van der Waals surface area contributed by atoms with E-state index >= 15 is 0 Å². The highest BCUT2D eigenvalue weighted by molar-refractivity contribution is 7.90. The molecule has 0 saturated carbocycles. The average molecular weight is 395 g/mol. The molecule has 0 saturated heterocycles. The lowest BCUT2D eigenvalue weighted by atomic mass is 10.0. The Labute approximate surface area is 154 Å². The van der Waals surface area contributed by atoms with Crippen LogP contribution in [0.5, 0.6) is 0 Å². The first-order chi connectivity index (χ1) is 12.7. The number of halogens is 3. The molecule has 0 unspecified atom stereocenters. The lowest BCUT2D eigenvalue weighted by molar-refractivity contribution is -0.137. The van der Waals surface area contributed by atoms with Crippen LogP contribution in [-0.4, -0.2) is 24.4 Å². The molecule has 3 aromatic rings. The summed E-state index contributed by atoms with van der Waals surface area (Å²) < 4.78 is 67.3. The van der Waals surface area contributed by atoms with E-state index in [1.165, 1.54) is 48.8 Å². The van der Waals surface area contributed by atoms with E-state index in [2.05, 4.69) is 10.3 Å². The summed E-state index contributed by atoms with van der Waals surface area (Å²) in [6.07, 6.45) is -0.720. The summed E-state index contributed by atoms with van der Waals surface area (Å²) in [6, 6.07) is 9.14. The van der Waals surface area contributed by atoms with Gasteiger partial charge in [-0.05, 0) is 36.9 Å². The van der Waals surface area contributed by atoms with Crippen LogP contribution in [0.1, 0.15) is 11.1 Å². The molecule has 0 radical (unpaired) electrons. The van der Waals surface area contributed by atoms with E-state index in [9.17, 15) is 21.6 Å². The largest absolute Gasteiger partial charge is 0.417 e. The second-order valence-corrected chi connectivity index (χ2v) is 7.61. The molecule has 142 valence electrons. The molecular weight excluding hydrogens is 379 g/mol. The predicted octanol–water partition coefficient (Wildman–Crippen LogP) is 3.53. The molecule has 0 amide bonds. The number of aromatic nitrogens is 2. The lowest BCUT2D eigenvalue weighted by Crippen LogP contribution is -2.15. The van der Waals surface area contributed by atoms with Crippen LogP contribution < -0.4 is 5.32 Å². The van der Waals surface area contributed by atoms with Gasteiger partial charge in [-0.3, -0.25) is 4.98 Å². The van der Waals surface area contributed by atoms with Crippen molar-refractivity contribution in [2.24, 2.45) is 0 Å². The number of nitrogens with one attached hydrogen (secondary N) is 1. The second kappa shape index (κ2) is 7.16. The molecule has 2 heterocycles. The molecule has 0 fully saturated rings. The van der Waals surface area contributed by atoms with Gasteiger partial charge in [-0.1, -0.05) is 18.2 Å². The zero-order chi connectivity index (χ0) is 19.7. The summed E-state index contributed by atoms with van der Waals surface area (Å²) in [5, 5.41) is 2.87. The molecule has 3 rings (SSSR count). The average Bonchev–Trinajstić information content (AvgIpc) is 3.07. The van der Waals surface area contributed by atoms with Crippen molar-refractivity contribution in [3.05, 3.63) is 72.2 Å². The van der Waals surface area contributed by atoms with Crippen molar-refractivity contribution in [1.82, 2.24) is 14.3 Å². The Morgan fingerprint density at radius 1 is 1.15 bits per heavy atom. The van der Waals surface area contributed by atoms with Crippen molar-refractivity contribution in [3.63, 3.8) is 0 Å². The van der Waals surface area contributed by atoms with Crippen molar-refractivity contribution in [3.8, 4) is 11.3 Å². The molecule has 9 heteroatoms. The minimum Gasteiger partial charge on any atom is -0.316 e. The van der Waals surface area contributed by atoms with Gasteiger partial charge in [-0.15, -0.1) is 0 Å². The first-order valence-electron chi connectivity index (χ1n) is 7.93. The van der Waals surface area contributed by atoms with E-state index < -0.39 is 21.8 Å². The van der Waals surface area contributed by atoms with E-state index in [0.29, 0.717) is 12.1 Å². The van der Waals surface area contributed by atoms with Crippen LogP contribution in [0.3, 0.4) is 0 Å². The van der Waals surface area contributed by atoms with Gasteiger partial charge in [0.2, 0.25) is 0 Å². The molecule has 0 aliphatic rings. The summed E-state index contributed by atoms with van der Waals surface area (Å²) in [4.78, 5) is 3.69. The number of hydrogen-bond acceptors (Lipinski definition) is 4. The van der Waals surface area contributed by atoms with Crippen molar-refractivity contribution in [2.75, 3.05) is 7.05 Å². The van der Waals surface area contributed by atoms with Crippen LogP contribution in [0.25, 0.3) is 11.3 Å². The highest BCUT2D eigenvalue weighted by Crippen LogP contribution is 2.38. The van der Waals surface area contributed by atoms with Crippen LogP contribution in [0, 0.1) is 0 Å². The number of hydrogen-bond donors (Lipinski definition) is 1. The van der Waals surface area contributed by atoms with Crippen LogP contribution in [0.2, 0.25) is 0 Å². The highest BCUT2D eigenvalue weighted by Gasteiger charge is 2.35. The maximum Gasteiger partial charge on any atom is 0.417 e. The van der Waals surface area contributed by atoms with Crippen LogP contribution in [0.15, 0.2) is 66.0 Å². The Morgan fingerprint density at radius 3 is 2.52 bits per heavy atom. The predicted molar refractivity (Wildman–Crippen MR) is 94.5 cm³/mol. The maximum atomic E-state index is 13.5. The molecule has 0 aliphatic heterocycles. The summed E-state index contributed by atoms with van der Waals surface area (Å²) in [7, 11) is -2.46. The van der Waals surface area contributed by atoms with E-state index in [-0.39, 0.29) is 16.2 Å². The molecule has 1 aromatic carbocycles. The molecule has 0 atom stereocenters. The van der Waals surface area contributed by atoms with Gasteiger partial charge in [0.25, 0.3) is 10.0 Å². The fourth-order valence-electron chi connectivity index (χ4n) is 2.76. The molecule has 0 aliphatic carbocycles. The fraction of sp³-hybridized carbons (Fsp3) is 0.167. The van der Waals surface area contributed by atoms with E-state index in [0.717, 1.165) is 16.2 Å². The normalized spacial score (nSPS) is 12.3. The molecule has 2 aromatic heterocycles. The smallest absolute Gasteiger partial charge is 0.316 e. The third-order valence-corrected chi connectivity index (χ3v) is 5.58. The van der Waals surface area contributed by atoms with Crippen molar-refractivity contribution < 1.29 is 21.6 Å². The SMILES string of the molecule is CNCc1cc(-c2ccccc2C(F)(F)F)n(S(=O)(=O)c2cccnc2)c1.